The highest BCUT2D eigenvalue weighted by atomic mass is 79.9. The van der Waals surface area contributed by atoms with Gasteiger partial charge in [0.1, 0.15) is 12.2 Å². The van der Waals surface area contributed by atoms with Crippen LogP contribution in [0.15, 0.2) is 29.0 Å². The lowest BCUT2D eigenvalue weighted by Gasteiger charge is -2.18. The smallest absolute Gasteiger partial charge is 0.138 e. The first-order valence-corrected chi connectivity index (χ1v) is 6.67. The standard InChI is InChI=1S/C13H17BrN4/c1-9-4-5-11(14)10(6-9)12(15-2)7-13-16-8-17-18(13)3/h4-6,8,12,15H,7H2,1-3H3. The molecule has 5 heteroatoms. The summed E-state index contributed by atoms with van der Waals surface area (Å²) in [7, 11) is 3.89. The van der Waals surface area contributed by atoms with Gasteiger partial charge in [0.25, 0.3) is 0 Å². The van der Waals surface area contributed by atoms with Crippen molar-refractivity contribution in [3.8, 4) is 0 Å². The fraction of sp³-hybridized carbons (Fsp3) is 0.385. The van der Waals surface area contributed by atoms with E-state index in [9.17, 15) is 0 Å². The molecule has 1 aromatic carbocycles. The highest BCUT2D eigenvalue weighted by Gasteiger charge is 2.16. The molecule has 0 radical (unpaired) electrons. The van der Waals surface area contributed by atoms with Gasteiger partial charge in [-0.05, 0) is 25.6 Å². The number of likely N-dealkylation sites (N-methyl/N-ethyl adjacent to an activating group) is 1. The Morgan fingerprint density at radius 3 is 2.83 bits per heavy atom. The molecule has 96 valence electrons. The van der Waals surface area contributed by atoms with Gasteiger partial charge in [0.05, 0.1) is 0 Å². The van der Waals surface area contributed by atoms with Crippen LogP contribution in [0.5, 0.6) is 0 Å². The van der Waals surface area contributed by atoms with Crippen LogP contribution in [0, 0.1) is 6.92 Å². The van der Waals surface area contributed by atoms with Crippen molar-refractivity contribution in [1.82, 2.24) is 20.1 Å². The van der Waals surface area contributed by atoms with Crippen molar-refractivity contribution >= 4 is 15.9 Å². The molecule has 1 aromatic heterocycles. The molecule has 0 aliphatic carbocycles. The fourth-order valence-corrected chi connectivity index (χ4v) is 2.51. The number of hydrogen-bond donors (Lipinski definition) is 1. The summed E-state index contributed by atoms with van der Waals surface area (Å²) >= 11 is 3.61. The fourth-order valence-electron chi connectivity index (χ4n) is 1.99. The van der Waals surface area contributed by atoms with Gasteiger partial charge in [-0.2, -0.15) is 5.10 Å². The summed E-state index contributed by atoms with van der Waals surface area (Å²) in [5, 5.41) is 7.44. The van der Waals surface area contributed by atoms with E-state index in [2.05, 4.69) is 56.5 Å². The molecule has 1 atom stereocenters. The molecular weight excluding hydrogens is 292 g/mol. The predicted octanol–water partition coefficient (Wildman–Crippen LogP) is 2.39. The third-order valence-electron chi connectivity index (χ3n) is 3.07. The zero-order valence-electron chi connectivity index (χ0n) is 10.8. The molecule has 18 heavy (non-hydrogen) atoms. The molecule has 0 saturated heterocycles. The summed E-state index contributed by atoms with van der Waals surface area (Å²) in [6.45, 7) is 2.10. The largest absolute Gasteiger partial charge is 0.313 e. The molecule has 0 bridgehead atoms. The molecule has 0 spiro atoms. The lowest BCUT2D eigenvalue weighted by Crippen LogP contribution is -2.21. The summed E-state index contributed by atoms with van der Waals surface area (Å²) in [6, 6.07) is 6.61. The van der Waals surface area contributed by atoms with Crippen molar-refractivity contribution in [2.45, 2.75) is 19.4 Å². The Morgan fingerprint density at radius 2 is 2.22 bits per heavy atom. The summed E-state index contributed by atoms with van der Waals surface area (Å²) in [5.74, 6) is 0.975. The van der Waals surface area contributed by atoms with Gasteiger partial charge >= 0.3 is 0 Å². The quantitative estimate of drug-likeness (QED) is 0.943. The number of aryl methyl sites for hydroxylation is 2. The van der Waals surface area contributed by atoms with Crippen LogP contribution in [0.2, 0.25) is 0 Å². The number of halogens is 1. The molecule has 0 fully saturated rings. The number of nitrogens with one attached hydrogen (secondary N) is 1. The van der Waals surface area contributed by atoms with Crippen LogP contribution < -0.4 is 5.32 Å². The van der Waals surface area contributed by atoms with Crippen LogP contribution in [0.4, 0.5) is 0 Å². The van der Waals surface area contributed by atoms with Crippen molar-refractivity contribution < 1.29 is 0 Å². The first kappa shape index (κ1) is 13.2. The second kappa shape index (κ2) is 5.63. The minimum Gasteiger partial charge on any atom is -0.313 e. The molecule has 0 saturated carbocycles. The summed E-state index contributed by atoms with van der Waals surface area (Å²) in [5.41, 5.74) is 2.51. The van der Waals surface area contributed by atoms with Gasteiger partial charge in [-0.1, -0.05) is 33.6 Å². The van der Waals surface area contributed by atoms with Crippen molar-refractivity contribution in [3.05, 3.63) is 46.0 Å². The molecule has 2 rings (SSSR count). The number of benzene rings is 1. The van der Waals surface area contributed by atoms with E-state index in [-0.39, 0.29) is 6.04 Å². The zero-order valence-corrected chi connectivity index (χ0v) is 12.4. The summed E-state index contributed by atoms with van der Waals surface area (Å²) in [4.78, 5) is 4.28. The van der Waals surface area contributed by atoms with Crippen molar-refractivity contribution in [2.75, 3.05) is 7.05 Å². The number of nitrogens with zero attached hydrogens (tertiary/aromatic N) is 3. The number of aromatic nitrogens is 3. The Bertz CT molecular complexity index is 536. The topological polar surface area (TPSA) is 42.7 Å². The van der Waals surface area contributed by atoms with Crippen molar-refractivity contribution in [2.24, 2.45) is 7.05 Å². The lowest BCUT2D eigenvalue weighted by molar-refractivity contribution is 0.551. The Hall–Kier alpha value is -1.20. The zero-order chi connectivity index (χ0) is 13.1. The Morgan fingerprint density at radius 1 is 1.44 bits per heavy atom. The highest BCUT2D eigenvalue weighted by Crippen LogP contribution is 2.26. The van der Waals surface area contributed by atoms with Gasteiger partial charge in [-0.15, -0.1) is 0 Å². The average Bonchev–Trinajstić information content (AvgIpc) is 2.75. The van der Waals surface area contributed by atoms with Crippen molar-refractivity contribution in [3.63, 3.8) is 0 Å². The van der Waals surface area contributed by atoms with Gasteiger partial charge < -0.3 is 5.32 Å². The monoisotopic (exact) mass is 308 g/mol. The van der Waals surface area contributed by atoms with Crippen LogP contribution in [0.25, 0.3) is 0 Å². The lowest BCUT2D eigenvalue weighted by atomic mass is 10.0. The van der Waals surface area contributed by atoms with E-state index in [1.165, 1.54) is 11.1 Å². The molecule has 2 aromatic rings. The first-order valence-electron chi connectivity index (χ1n) is 5.88. The molecule has 1 heterocycles. The van der Waals surface area contributed by atoms with E-state index in [4.69, 9.17) is 0 Å². The Kier molecular flexibility index (Phi) is 4.14. The molecule has 1 N–H and O–H groups in total. The highest BCUT2D eigenvalue weighted by molar-refractivity contribution is 9.10. The summed E-state index contributed by atoms with van der Waals surface area (Å²) < 4.78 is 2.93. The minimum atomic E-state index is 0.224. The van der Waals surface area contributed by atoms with E-state index in [1.54, 1.807) is 6.33 Å². The second-order valence-electron chi connectivity index (χ2n) is 4.37. The van der Waals surface area contributed by atoms with Crippen LogP contribution >= 0.6 is 15.9 Å². The molecule has 0 aliphatic heterocycles. The average molecular weight is 309 g/mol. The maximum atomic E-state index is 4.28. The summed E-state index contributed by atoms with van der Waals surface area (Å²) in [6.07, 6.45) is 2.41. The Labute approximate surface area is 116 Å². The van der Waals surface area contributed by atoms with Crippen LogP contribution in [0.1, 0.15) is 23.0 Å². The van der Waals surface area contributed by atoms with Crippen LogP contribution in [0.3, 0.4) is 0 Å². The number of hydrogen-bond acceptors (Lipinski definition) is 3. The van der Waals surface area contributed by atoms with Crippen LogP contribution in [-0.2, 0) is 13.5 Å². The number of rotatable bonds is 4. The van der Waals surface area contributed by atoms with Gasteiger partial charge in [0.2, 0.25) is 0 Å². The minimum absolute atomic E-state index is 0.224. The molecular formula is C13H17BrN4. The van der Waals surface area contributed by atoms with Gasteiger partial charge in [0, 0.05) is 24.0 Å². The molecule has 1 unspecified atom stereocenters. The third-order valence-corrected chi connectivity index (χ3v) is 3.79. The maximum absolute atomic E-state index is 4.28. The van der Waals surface area contributed by atoms with E-state index in [0.717, 1.165) is 16.7 Å². The van der Waals surface area contributed by atoms with E-state index >= 15 is 0 Å². The molecule has 4 nitrogen and oxygen atoms in total. The first-order chi connectivity index (χ1) is 8.61. The Balaban J connectivity index is 2.28. The SMILES string of the molecule is CNC(Cc1ncnn1C)c1cc(C)ccc1Br. The normalized spacial score (nSPS) is 12.7. The van der Waals surface area contributed by atoms with Crippen molar-refractivity contribution in [1.29, 1.82) is 0 Å². The van der Waals surface area contributed by atoms with E-state index < -0.39 is 0 Å². The van der Waals surface area contributed by atoms with Gasteiger partial charge in [-0.3, -0.25) is 4.68 Å². The van der Waals surface area contributed by atoms with E-state index in [1.807, 2.05) is 18.8 Å². The molecule has 0 amide bonds. The van der Waals surface area contributed by atoms with Gasteiger partial charge in [-0.25, -0.2) is 4.98 Å². The third kappa shape index (κ3) is 2.79. The van der Waals surface area contributed by atoms with Gasteiger partial charge in [0.15, 0.2) is 0 Å². The second-order valence-corrected chi connectivity index (χ2v) is 5.22. The van der Waals surface area contributed by atoms with E-state index in [0.29, 0.717) is 0 Å². The molecule has 0 aliphatic rings. The van der Waals surface area contributed by atoms with Crippen LogP contribution in [-0.4, -0.2) is 21.8 Å². The predicted molar refractivity (Wildman–Crippen MR) is 75.4 cm³/mol. The maximum Gasteiger partial charge on any atom is 0.138 e.